The monoisotopic (exact) mass is 164 g/mol. The highest BCUT2D eigenvalue weighted by atomic mass is 32.1. The Morgan fingerprint density at radius 1 is 1.45 bits per heavy atom. The zero-order valence-electron chi connectivity index (χ0n) is 6.00. The number of fused-ring (bicyclic) bond motifs is 1. The molecule has 1 N–H and O–H groups in total. The van der Waals surface area contributed by atoms with E-state index in [9.17, 15) is 0 Å². The average Bonchev–Trinajstić information content (AvgIpc) is 2.04. The van der Waals surface area contributed by atoms with Crippen LogP contribution >= 0.6 is 12.2 Å². The highest BCUT2D eigenvalue weighted by Crippen LogP contribution is 2.20. The van der Waals surface area contributed by atoms with Gasteiger partial charge in [-0.1, -0.05) is 12.2 Å². The Morgan fingerprint density at radius 3 is 3.27 bits per heavy atom. The lowest BCUT2D eigenvalue weighted by Crippen LogP contribution is -2.16. The van der Waals surface area contributed by atoms with Crippen molar-refractivity contribution < 1.29 is 0 Å². The van der Waals surface area contributed by atoms with Crippen LogP contribution in [0.2, 0.25) is 0 Å². The van der Waals surface area contributed by atoms with Gasteiger partial charge in [-0.15, -0.1) is 0 Å². The number of hydrogen-bond donors (Lipinski definition) is 1. The number of aryl methyl sites for hydroxylation is 1. The molecule has 2 rings (SSSR count). The summed E-state index contributed by atoms with van der Waals surface area (Å²) in [4.78, 5) is 4.97. The van der Waals surface area contributed by atoms with Crippen LogP contribution in [0.1, 0.15) is 12.0 Å². The highest BCUT2D eigenvalue weighted by Gasteiger charge is 2.10. The first kappa shape index (κ1) is 6.73. The Labute approximate surface area is 70.6 Å². The lowest BCUT2D eigenvalue weighted by atomic mass is 10.1. The van der Waals surface area contributed by atoms with E-state index < -0.39 is 0 Å². The first-order valence-electron chi connectivity index (χ1n) is 3.59. The molecular formula is C8H8N2S. The predicted octanol–water partition coefficient (Wildman–Crippen LogP) is 1.77. The van der Waals surface area contributed by atoms with Crippen molar-refractivity contribution in [3.05, 3.63) is 24.0 Å². The fourth-order valence-electron chi connectivity index (χ4n) is 1.21. The van der Waals surface area contributed by atoms with E-state index in [1.165, 1.54) is 5.56 Å². The molecule has 0 saturated carbocycles. The average molecular weight is 164 g/mol. The van der Waals surface area contributed by atoms with E-state index in [1.54, 1.807) is 6.20 Å². The molecule has 56 valence electrons. The van der Waals surface area contributed by atoms with Gasteiger partial charge in [0.2, 0.25) is 0 Å². The van der Waals surface area contributed by atoms with Crippen LogP contribution < -0.4 is 5.32 Å². The Balaban J connectivity index is 2.41. The van der Waals surface area contributed by atoms with Crippen molar-refractivity contribution in [3.63, 3.8) is 0 Å². The van der Waals surface area contributed by atoms with Gasteiger partial charge in [-0.25, -0.2) is 0 Å². The smallest absolute Gasteiger partial charge is 0.0800 e. The fourth-order valence-corrected chi connectivity index (χ4v) is 1.42. The second kappa shape index (κ2) is 2.58. The normalized spacial score (nSPS) is 15.5. The molecule has 0 unspecified atom stereocenters. The Kier molecular flexibility index (Phi) is 1.58. The van der Waals surface area contributed by atoms with Crippen LogP contribution in [0.25, 0.3) is 0 Å². The molecule has 0 radical (unpaired) electrons. The predicted molar refractivity (Wildman–Crippen MR) is 48.8 cm³/mol. The SMILES string of the molecule is S=C1CCc2cnccc2N1. The van der Waals surface area contributed by atoms with Crippen LogP contribution in [0.3, 0.4) is 0 Å². The summed E-state index contributed by atoms with van der Waals surface area (Å²) in [6, 6.07) is 1.96. The lowest BCUT2D eigenvalue weighted by molar-refractivity contribution is 1.01. The third-order valence-electron chi connectivity index (χ3n) is 1.80. The van der Waals surface area contributed by atoms with Crippen molar-refractivity contribution in [2.75, 3.05) is 5.32 Å². The molecule has 1 aliphatic rings. The van der Waals surface area contributed by atoms with Gasteiger partial charge in [0, 0.05) is 24.5 Å². The molecule has 0 saturated heterocycles. The molecule has 0 spiro atoms. The summed E-state index contributed by atoms with van der Waals surface area (Å²) in [7, 11) is 0. The number of aromatic nitrogens is 1. The van der Waals surface area contributed by atoms with Crippen molar-refractivity contribution in [2.24, 2.45) is 0 Å². The van der Waals surface area contributed by atoms with Crippen molar-refractivity contribution >= 4 is 22.9 Å². The highest BCUT2D eigenvalue weighted by molar-refractivity contribution is 7.80. The summed E-state index contributed by atoms with van der Waals surface area (Å²) in [6.45, 7) is 0. The zero-order chi connectivity index (χ0) is 7.68. The summed E-state index contributed by atoms with van der Waals surface area (Å²) in [5.41, 5.74) is 2.39. The first-order valence-corrected chi connectivity index (χ1v) is 4.00. The molecular weight excluding hydrogens is 156 g/mol. The standard InChI is InChI=1S/C8H8N2S/c11-8-2-1-6-5-9-4-3-7(6)10-8/h3-5H,1-2H2,(H,10,11). The van der Waals surface area contributed by atoms with Crippen molar-refractivity contribution in [1.82, 2.24) is 4.98 Å². The second-order valence-corrected chi connectivity index (χ2v) is 3.07. The van der Waals surface area contributed by atoms with Crippen LogP contribution in [-0.4, -0.2) is 9.97 Å². The van der Waals surface area contributed by atoms with E-state index in [2.05, 4.69) is 10.3 Å². The summed E-state index contributed by atoms with van der Waals surface area (Å²) < 4.78 is 0. The molecule has 0 amide bonds. The number of hydrogen-bond acceptors (Lipinski definition) is 2. The summed E-state index contributed by atoms with van der Waals surface area (Å²) in [5, 5.41) is 3.15. The minimum atomic E-state index is 0.934. The number of nitrogens with zero attached hydrogens (tertiary/aromatic N) is 1. The van der Waals surface area contributed by atoms with E-state index in [0.29, 0.717) is 0 Å². The van der Waals surface area contributed by atoms with Crippen LogP contribution in [0, 0.1) is 0 Å². The maximum absolute atomic E-state index is 5.05. The molecule has 0 atom stereocenters. The van der Waals surface area contributed by atoms with Gasteiger partial charge < -0.3 is 5.32 Å². The number of pyridine rings is 1. The van der Waals surface area contributed by atoms with Gasteiger partial charge in [-0.2, -0.15) is 0 Å². The van der Waals surface area contributed by atoms with Gasteiger partial charge in [0.1, 0.15) is 0 Å². The quantitative estimate of drug-likeness (QED) is 0.591. The Bertz CT molecular complexity index is 296. The lowest BCUT2D eigenvalue weighted by Gasteiger charge is -2.17. The third kappa shape index (κ3) is 1.24. The molecule has 2 nitrogen and oxygen atoms in total. The number of rotatable bonds is 0. The fraction of sp³-hybridized carbons (Fsp3) is 0.250. The molecule has 0 aromatic carbocycles. The molecule has 2 heterocycles. The molecule has 3 heteroatoms. The molecule has 0 fully saturated rings. The summed E-state index contributed by atoms with van der Waals surface area (Å²) >= 11 is 5.05. The maximum atomic E-state index is 5.05. The number of nitrogens with one attached hydrogen (secondary N) is 1. The van der Waals surface area contributed by atoms with Gasteiger partial charge in [-0.05, 0) is 18.1 Å². The first-order chi connectivity index (χ1) is 5.36. The minimum Gasteiger partial charge on any atom is -0.350 e. The molecule has 1 aromatic heterocycles. The third-order valence-corrected chi connectivity index (χ3v) is 2.11. The van der Waals surface area contributed by atoms with Gasteiger partial charge in [0.25, 0.3) is 0 Å². The van der Waals surface area contributed by atoms with E-state index in [-0.39, 0.29) is 0 Å². The van der Waals surface area contributed by atoms with Gasteiger partial charge in [0.15, 0.2) is 0 Å². The zero-order valence-corrected chi connectivity index (χ0v) is 6.82. The maximum Gasteiger partial charge on any atom is 0.0800 e. The van der Waals surface area contributed by atoms with Crippen molar-refractivity contribution in [2.45, 2.75) is 12.8 Å². The van der Waals surface area contributed by atoms with E-state index >= 15 is 0 Å². The van der Waals surface area contributed by atoms with Crippen molar-refractivity contribution in [1.29, 1.82) is 0 Å². The van der Waals surface area contributed by atoms with Crippen LogP contribution in [-0.2, 0) is 6.42 Å². The molecule has 1 aromatic rings. The number of anilines is 1. The van der Waals surface area contributed by atoms with E-state index in [1.807, 2.05) is 12.3 Å². The van der Waals surface area contributed by atoms with Crippen LogP contribution in [0.5, 0.6) is 0 Å². The van der Waals surface area contributed by atoms with Crippen LogP contribution in [0.4, 0.5) is 5.69 Å². The Morgan fingerprint density at radius 2 is 2.36 bits per heavy atom. The largest absolute Gasteiger partial charge is 0.350 e. The minimum absolute atomic E-state index is 0.934. The topological polar surface area (TPSA) is 24.9 Å². The van der Waals surface area contributed by atoms with Crippen LogP contribution in [0.15, 0.2) is 18.5 Å². The Hall–Kier alpha value is -0.960. The molecule has 0 aliphatic carbocycles. The van der Waals surface area contributed by atoms with E-state index in [4.69, 9.17) is 12.2 Å². The number of thiocarbonyl (C=S) groups is 1. The molecule has 11 heavy (non-hydrogen) atoms. The molecule has 0 bridgehead atoms. The van der Waals surface area contributed by atoms with Gasteiger partial charge >= 0.3 is 0 Å². The summed E-state index contributed by atoms with van der Waals surface area (Å²) in [5.74, 6) is 0. The second-order valence-electron chi connectivity index (χ2n) is 2.58. The van der Waals surface area contributed by atoms with Gasteiger partial charge in [0.05, 0.1) is 4.99 Å². The molecule has 1 aliphatic heterocycles. The van der Waals surface area contributed by atoms with Gasteiger partial charge in [-0.3, -0.25) is 4.98 Å². The van der Waals surface area contributed by atoms with E-state index in [0.717, 1.165) is 23.5 Å². The summed E-state index contributed by atoms with van der Waals surface area (Å²) in [6.07, 6.45) is 5.65. The van der Waals surface area contributed by atoms with Crippen molar-refractivity contribution in [3.8, 4) is 0 Å².